The number of nitro groups is 1. The monoisotopic (exact) mass is 291 g/mol. The van der Waals surface area contributed by atoms with Crippen molar-refractivity contribution in [3.8, 4) is 0 Å². The predicted molar refractivity (Wildman–Crippen MR) is 81.8 cm³/mol. The van der Waals surface area contributed by atoms with Gasteiger partial charge in [0.1, 0.15) is 5.82 Å². The van der Waals surface area contributed by atoms with Crippen molar-refractivity contribution < 1.29 is 4.92 Å². The molecule has 1 aromatic rings. The van der Waals surface area contributed by atoms with Gasteiger partial charge in [-0.1, -0.05) is 0 Å². The Bertz CT molecular complexity index is 550. The second-order valence-corrected chi connectivity index (χ2v) is 5.84. The molecule has 2 aliphatic heterocycles. The predicted octanol–water partition coefficient (Wildman–Crippen LogP) is 1.70. The summed E-state index contributed by atoms with van der Waals surface area (Å²) in [4.78, 5) is 20.0. The molecule has 0 bridgehead atoms. The van der Waals surface area contributed by atoms with Crippen LogP contribution in [0.5, 0.6) is 0 Å². The molecule has 21 heavy (non-hydrogen) atoms. The van der Waals surface area contributed by atoms with Gasteiger partial charge in [0.25, 0.3) is 0 Å². The van der Waals surface area contributed by atoms with Crippen LogP contribution in [0.4, 0.5) is 17.3 Å². The van der Waals surface area contributed by atoms with Crippen LogP contribution in [0, 0.1) is 10.1 Å². The van der Waals surface area contributed by atoms with Crippen LogP contribution in [0.25, 0.3) is 0 Å². The number of fused-ring (bicyclic) bond motifs is 1. The van der Waals surface area contributed by atoms with Gasteiger partial charge in [-0.25, -0.2) is 4.98 Å². The van der Waals surface area contributed by atoms with Gasteiger partial charge in [0, 0.05) is 38.3 Å². The summed E-state index contributed by atoms with van der Waals surface area (Å²) in [6, 6.07) is 3.93. The maximum Gasteiger partial charge on any atom is 0.311 e. The summed E-state index contributed by atoms with van der Waals surface area (Å²) < 4.78 is 0. The highest BCUT2D eigenvalue weighted by atomic mass is 16.6. The zero-order chi connectivity index (χ0) is 15.0. The standard InChI is InChI=1S/C14H21N5O2/c1-10-8-17-7-3-4-11(17)9-18(10)14-12(19(20)21)5-6-13(15-2)16-14/h5-6,10-11H,3-4,7-9H2,1-2H3,(H,15,16). The van der Waals surface area contributed by atoms with E-state index in [4.69, 9.17) is 0 Å². The van der Waals surface area contributed by atoms with E-state index in [9.17, 15) is 10.1 Å². The first-order chi connectivity index (χ1) is 10.1. The molecule has 114 valence electrons. The molecule has 1 N–H and O–H groups in total. The van der Waals surface area contributed by atoms with E-state index in [0.717, 1.165) is 19.6 Å². The van der Waals surface area contributed by atoms with Gasteiger partial charge in [0.2, 0.25) is 5.82 Å². The van der Waals surface area contributed by atoms with E-state index in [1.807, 2.05) is 0 Å². The van der Waals surface area contributed by atoms with Crippen LogP contribution in [-0.2, 0) is 0 Å². The number of piperazine rings is 1. The molecule has 3 heterocycles. The molecule has 1 aromatic heterocycles. The average Bonchev–Trinajstić information content (AvgIpc) is 2.92. The Labute approximate surface area is 124 Å². The van der Waals surface area contributed by atoms with Crippen molar-refractivity contribution in [2.75, 3.05) is 36.9 Å². The molecule has 7 nitrogen and oxygen atoms in total. The molecule has 0 aliphatic carbocycles. The van der Waals surface area contributed by atoms with Crippen molar-refractivity contribution in [3.63, 3.8) is 0 Å². The molecule has 2 fully saturated rings. The topological polar surface area (TPSA) is 74.5 Å². The smallest absolute Gasteiger partial charge is 0.311 e. The minimum atomic E-state index is -0.338. The lowest BCUT2D eigenvalue weighted by atomic mass is 10.1. The van der Waals surface area contributed by atoms with E-state index in [0.29, 0.717) is 17.7 Å². The maximum absolute atomic E-state index is 11.3. The summed E-state index contributed by atoms with van der Waals surface area (Å²) in [6.45, 7) is 5.04. The van der Waals surface area contributed by atoms with E-state index in [1.165, 1.54) is 12.8 Å². The highest BCUT2D eigenvalue weighted by molar-refractivity contribution is 5.62. The van der Waals surface area contributed by atoms with Gasteiger partial charge in [-0.3, -0.25) is 15.0 Å². The Morgan fingerprint density at radius 3 is 2.95 bits per heavy atom. The number of rotatable bonds is 3. The van der Waals surface area contributed by atoms with Gasteiger partial charge in [-0.15, -0.1) is 0 Å². The second-order valence-electron chi connectivity index (χ2n) is 5.84. The van der Waals surface area contributed by atoms with Crippen LogP contribution >= 0.6 is 0 Å². The first-order valence-electron chi connectivity index (χ1n) is 7.44. The van der Waals surface area contributed by atoms with Crippen molar-refractivity contribution in [2.45, 2.75) is 31.8 Å². The fraction of sp³-hybridized carbons (Fsp3) is 0.643. The molecule has 0 saturated carbocycles. The Morgan fingerprint density at radius 2 is 2.24 bits per heavy atom. The first-order valence-corrected chi connectivity index (χ1v) is 7.44. The van der Waals surface area contributed by atoms with Gasteiger partial charge in [-0.05, 0) is 32.4 Å². The lowest BCUT2D eigenvalue weighted by Gasteiger charge is -2.42. The van der Waals surface area contributed by atoms with Gasteiger partial charge in [0.15, 0.2) is 0 Å². The first kappa shape index (κ1) is 14.1. The van der Waals surface area contributed by atoms with Crippen molar-refractivity contribution >= 4 is 17.3 Å². The van der Waals surface area contributed by atoms with Crippen molar-refractivity contribution in [2.24, 2.45) is 0 Å². The molecule has 2 atom stereocenters. The number of anilines is 2. The largest absolute Gasteiger partial charge is 0.373 e. The van der Waals surface area contributed by atoms with Crippen molar-refractivity contribution in [3.05, 3.63) is 22.2 Å². The zero-order valence-corrected chi connectivity index (χ0v) is 12.5. The summed E-state index contributed by atoms with van der Waals surface area (Å²) in [7, 11) is 1.77. The number of nitrogens with one attached hydrogen (secondary N) is 1. The normalized spacial score (nSPS) is 25.7. The number of pyridine rings is 1. The molecular formula is C14H21N5O2. The fourth-order valence-electron chi connectivity index (χ4n) is 3.42. The molecule has 0 spiro atoms. The molecule has 0 radical (unpaired) electrons. The maximum atomic E-state index is 11.3. The average molecular weight is 291 g/mol. The van der Waals surface area contributed by atoms with Gasteiger partial charge < -0.3 is 10.2 Å². The highest BCUT2D eigenvalue weighted by Crippen LogP contribution is 2.33. The van der Waals surface area contributed by atoms with Crippen molar-refractivity contribution in [1.82, 2.24) is 9.88 Å². The lowest BCUT2D eigenvalue weighted by Crippen LogP contribution is -2.55. The molecule has 3 rings (SSSR count). The molecule has 2 unspecified atom stereocenters. The van der Waals surface area contributed by atoms with Crippen LogP contribution in [0.15, 0.2) is 12.1 Å². The molecule has 2 saturated heterocycles. The molecule has 0 amide bonds. The number of hydrogen-bond donors (Lipinski definition) is 1. The van der Waals surface area contributed by atoms with E-state index >= 15 is 0 Å². The summed E-state index contributed by atoms with van der Waals surface area (Å²) >= 11 is 0. The number of aromatic nitrogens is 1. The third-order valence-electron chi connectivity index (χ3n) is 4.52. The quantitative estimate of drug-likeness (QED) is 0.675. The van der Waals surface area contributed by atoms with Gasteiger partial charge in [-0.2, -0.15) is 0 Å². The van der Waals surface area contributed by atoms with Crippen LogP contribution < -0.4 is 10.2 Å². The summed E-state index contributed by atoms with van der Waals surface area (Å²) in [5.74, 6) is 1.16. The SMILES string of the molecule is CNc1ccc([N+](=O)[O-])c(N2CC3CCCN3CC2C)n1. The third-order valence-corrected chi connectivity index (χ3v) is 4.52. The van der Waals surface area contributed by atoms with Crippen LogP contribution in [0.1, 0.15) is 19.8 Å². The third kappa shape index (κ3) is 2.53. The molecule has 7 heteroatoms. The van der Waals surface area contributed by atoms with E-state index < -0.39 is 0 Å². The second kappa shape index (κ2) is 5.48. The van der Waals surface area contributed by atoms with Crippen LogP contribution in [0.2, 0.25) is 0 Å². The van der Waals surface area contributed by atoms with E-state index in [-0.39, 0.29) is 16.7 Å². The summed E-state index contributed by atoms with van der Waals surface area (Å²) in [5, 5.41) is 14.3. The van der Waals surface area contributed by atoms with Crippen LogP contribution in [0.3, 0.4) is 0 Å². The van der Waals surface area contributed by atoms with Gasteiger partial charge >= 0.3 is 5.69 Å². The van der Waals surface area contributed by atoms with E-state index in [2.05, 4.69) is 27.0 Å². The summed E-state index contributed by atoms with van der Waals surface area (Å²) in [5.41, 5.74) is 0.0901. The Kier molecular flexibility index (Phi) is 3.67. The Morgan fingerprint density at radius 1 is 1.43 bits per heavy atom. The lowest BCUT2D eigenvalue weighted by molar-refractivity contribution is -0.384. The minimum Gasteiger partial charge on any atom is -0.373 e. The number of hydrogen-bond acceptors (Lipinski definition) is 6. The number of nitrogens with zero attached hydrogens (tertiary/aromatic N) is 4. The molecule has 2 aliphatic rings. The van der Waals surface area contributed by atoms with E-state index in [1.54, 1.807) is 19.2 Å². The van der Waals surface area contributed by atoms with Gasteiger partial charge in [0.05, 0.1) is 4.92 Å². The highest BCUT2D eigenvalue weighted by Gasteiger charge is 2.37. The Hall–Kier alpha value is -1.89. The minimum absolute atomic E-state index is 0.0901. The molecular weight excluding hydrogens is 270 g/mol. The molecule has 0 aromatic carbocycles. The summed E-state index contributed by atoms with van der Waals surface area (Å²) in [6.07, 6.45) is 2.39. The van der Waals surface area contributed by atoms with Crippen LogP contribution in [-0.4, -0.2) is 53.6 Å². The Balaban J connectivity index is 1.95. The van der Waals surface area contributed by atoms with Crippen molar-refractivity contribution in [1.29, 1.82) is 0 Å². The zero-order valence-electron chi connectivity index (χ0n) is 12.5. The fourth-order valence-corrected chi connectivity index (χ4v) is 3.42.